The second-order valence-electron chi connectivity index (χ2n) is 7.74. The van der Waals surface area contributed by atoms with Crippen molar-refractivity contribution >= 4 is 23.6 Å². The van der Waals surface area contributed by atoms with Crippen LogP contribution in [-0.4, -0.2) is 59.5 Å². The van der Waals surface area contributed by atoms with E-state index < -0.39 is 0 Å². The maximum Gasteiger partial charge on any atom is 0.319 e. The molecule has 0 aliphatic carbocycles. The lowest BCUT2D eigenvalue weighted by Crippen LogP contribution is -2.49. The first kappa shape index (κ1) is 21.5. The van der Waals surface area contributed by atoms with E-state index in [0.717, 1.165) is 16.8 Å². The standard InChI is InChI=1S/C22H30N6O2/c1-16(2)18-7-4-6-17(3)20(18)26-22(30)25-11-8-19(29)27-12-14-28(15-13-27)21-23-9-5-10-24-21/h4-7,9-10,16H,8,11-15H2,1-3H3,(H2,25,26,30). The molecule has 1 saturated heterocycles. The average Bonchev–Trinajstić information content (AvgIpc) is 2.75. The third-order valence-electron chi connectivity index (χ3n) is 5.26. The quantitative estimate of drug-likeness (QED) is 0.764. The summed E-state index contributed by atoms with van der Waals surface area (Å²) in [5.41, 5.74) is 2.96. The SMILES string of the molecule is Cc1cccc(C(C)C)c1NC(=O)NCCC(=O)N1CCN(c2ncccn2)CC1. The molecule has 8 heteroatoms. The smallest absolute Gasteiger partial charge is 0.319 e. The minimum Gasteiger partial charge on any atom is -0.339 e. The van der Waals surface area contributed by atoms with Crippen molar-refractivity contribution in [2.45, 2.75) is 33.1 Å². The first-order chi connectivity index (χ1) is 14.5. The lowest BCUT2D eigenvalue weighted by Gasteiger charge is -2.34. The summed E-state index contributed by atoms with van der Waals surface area (Å²) in [6.45, 7) is 9.14. The number of nitrogens with zero attached hydrogens (tertiary/aromatic N) is 4. The molecular weight excluding hydrogens is 380 g/mol. The van der Waals surface area contributed by atoms with E-state index >= 15 is 0 Å². The van der Waals surface area contributed by atoms with Crippen LogP contribution in [0.15, 0.2) is 36.7 Å². The van der Waals surface area contributed by atoms with E-state index in [1.54, 1.807) is 18.5 Å². The van der Waals surface area contributed by atoms with Crippen molar-refractivity contribution in [2.75, 3.05) is 42.9 Å². The van der Waals surface area contributed by atoms with Crippen molar-refractivity contribution in [1.29, 1.82) is 0 Å². The molecule has 0 atom stereocenters. The minimum absolute atomic E-state index is 0.0442. The molecule has 30 heavy (non-hydrogen) atoms. The fraction of sp³-hybridized carbons (Fsp3) is 0.455. The van der Waals surface area contributed by atoms with Crippen LogP contribution in [-0.2, 0) is 4.79 Å². The van der Waals surface area contributed by atoms with Gasteiger partial charge in [0.25, 0.3) is 0 Å². The number of urea groups is 1. The van der Waals surface area contributed by atoms with Crippen molar-refractivity contribution in [2.24, 2.45) is 0 Å². The molecule has 2 aromatic rings. The number of para-hydroxylation sites is 1. The van der Waals surface area contributed by atoms with E-state index in [1.807, 2.05) is 30.0 Å². The lowest BCUT2D eigenvalue weighted by molar-refractivity contribution is -0.131. The third kappa shape index (κ3) is 5.46. The van der Waals surface area contributed by atoms with Gasteiger partial charge in [0.2, 0.25) is 11.9 Å². The number of hydrogen-bond acceptors (Lipinski definition) is 5. The first-order valence-electron chi connectivity index (χ1n) is 10.4. The van der Waals surface area contributed by atoms with Crippen molar-refractivity contribution in [3.05, 3.63) is 47.8 Å². The molecule has 1 fully saturated rings. The molecule has 1 aliphatic heterocycles. The largest absolute Gasteiger partial charge is 0.339 e. The Morgan fingerprint density at radius 3 is 2.43 bits per heavy atom. The number of anilines is 2. The highest BCUT2D eigenvalue weighted by Gasteiger charge is 2.22. The lowest BCUT2D eigenvalue weighted by atomic mass is 9.98. The van der Waals surface area contributed by atoms with Gasteiger partial charge < -0.3 is 20.4 Å². The topological polar surface area (TPSA) is 90.5 Å². The van der Waals surface area contributed by atoms with Crippen LogP contribution in [0.5, 0.6) is 0 Å². The molecule has 1 aliphatic rings. The number of carbonyl (C=O) groups is 2. The molecule has 0 bridgehead atoms. The second-order valence-corrected chi connectivity index (χ2v) is 7.74. The Labute approximate surface area is 177 Å². The number of aryl methyl sites for hydroxylation is 1. The number of aromatic nitrogens is 2. The van der Waals surface area contributed by atoms with Crippen LogP contribution in [0.4, 0.5) is 16.4 Å². The number of piperazine rings is 1. The van der Waals surface area contributed by atoms with Gasteiger partial charge in [-0.15, -0.1) is 0 Å². The molecule has 0 radical (unpaired) electrons. The van der Waals surface area contributed by atoms with Crippen LogP contribution in [0.3, 0.4) is 0 Å². The zero-order valence-electron chi connectivity index (χ0n) is 17.9. The second kappa shape index (κ2) is 10.0. The summed E-state index contributed by atoms with van der Waals surface area (Å²) >= 11 is 0. The van der Waals surface area contributed by atoms with Gasteiger partial charge in [-0.25, -0.2) is 14.8 Å². The van der Waals surface area contributed by atoms with Crippen molar-refractivity contribution in [3.63, 3.8) is 0 Å². The van der Waals surface area contributed by atoms with Crippen LogP contribution < -0.4 is 15.5 Å². The normalized spacial score (nSPS) is 14.0. The fourth-order valence-corrected chi connectivity index (χ4v) is 3.55. The van der Waals surface area contributed by atoms with Crippen LogP contribution in [0.1, 0.15) is 37.3 Å². The summed E-state index contributed by atoms with van der Waals surface area (Å²) in [6, 6.07) is 7.50. The van der Waals surface area contributed by atoms with Gasteiger partial charge in [0.05, 0.1) is 0 Å². The Morgan fingerprint density at radius 1 is 1.07 bits per heavy atom. The highest BCUT2D eigenvalue weighted by molar-refractivity contribution is 5.91. The minimum atomic E-state index is -0.287. The molecule has 0 spiro atoms. The highest BCUT2D eigenvalue weighted by atomic mass is 16.2. The van der Waals surface area contributed by atoms with Gasteiger partial charge in [-0.2, -0.15) is 0 Å². The highest BCUT2D eigenvalue weighted by Crippen LogP contribution is 2.27. The molecular formula is C22H30N6O2. The van der Waals surface area contributed by atoms with Gasteiger partial charge in [0, 0.05) is 57.2 Å². The van der Waals surface area contributed by atoms with Gasteiger partial charge >= 0.3 is 6.03 Å². The monoisotopic (exact) mass is 410 g/mol. The van der Waals surface area contributed by atoms with Gasteiger partial charge in [-0.05, 0) is 30.0 Å². The molecule has 1 aromatic carbocycles. The van der Waals surface area contributed by atoms with E-state index in [0.29, 0.717) is 44.6 Å². The van der Waals surface area contributed by atoms with Gasteiger partial charge in [-0.3, -0.25) is 4.79 Å². The van der Waals surface area contributed by atoms with Crippen LogP contribution in [0.25, 0.3) is 0 Å². The Kier molecular flexibility index (Phi) is 7.21. The number of carbonyl (C=O) groups excluding carboxylic acids is 2. The molecule has 0 unspecified atom stereocenters. The summed E-state index contributed by atoms with van der Waals surface area (Å²) in [4.78, 5) is 37.2. The Hall–Kier alpha value is -3.16. The van der Waals surface area contributed by atoms with Gasteiger partial charge in [0.1, 0.15) is 0 Å². The molecule has 160 valence electrons. The third-order valence-corrected chi connectivity index (χ3v) is 5.26. The van der Waals surface area contributed by atoms with Crippen molar-refractivity contribution in [1.82, 2.24) is 20.2 Å². The van der Waals surface area contributed by atoms with Crippen molar-refractivity contribution in [3.8, 4) is 0 Å². The fourth-order valence-electron chi connectivity index (χ4n) is 3.55. The molecule has 1 aromatic heterocycles. The number of benzene rings is 1. The summed E-state index contributed by atoms with van der Waals surface area (Å²) < 4.78 is 0. The number of rotatable bonds is 6. The number of hydrogen-bond donors (Lipinski definition) is 2. The van der Waals surface area contributed by atoms with E-state index in [-0.39, 0.29) is 18.4 Å². The zero-order chi connectivity index (χ0) is 21.5. The average molecular weight is 411 g/mol. The van der Waals surface area contributed by atoms with Crippen LogP contribution in [0.2, 0.25) is 0 Å². The van der Waals surface area contributed by atoms with Gasteiger partial charge in [-0.1, -0.05) is 32.0 Å². The summed E-state index contributed by atoms with van der Waals surface area (Å²) in [5.74, 6) is 1.05. The summed E-state index contributed by atoms with van der Waals surface area (Å²) in [5, 5.41) is 5.74. The van der Waals surface area contributed by atoms with Crippen LogP contribution >= 0.6 is 0 Å². The first-order valence-corrected chi connectivity index (χ1v) is 10.4. The number of nitrogens with one attached hydrogen (secondary N) is 2. The molecule has 3 rings (SSSR count). The predicted molar refractivity (Wildman–Crippen MR) is 118 cm³/mol. The maximum absolute atomic E-state index is 12.5. The van der Waals surface area contributed by atoms with E-state index in [1.165, 1.54) is 0 Å². The van der Waals surface area contributed by atoms with Crippen molar-refractivity contribution < 1.29 is 9.59 Å². The van der Waals surface area contributed by atoms with Gasteiger partial charge in [0.15, 0.2) is 0 Å². The summed E-state index contributed by atoms with van der Waals surface area (Å²) in [6.07, 6.45) is 3.72. The zero-order valence-corrected chi connectivity index (χ0v) is 17.9. The molecule has 2 heterocycles. The molecule has 0 saturated carbocycles. The molecule has 8 nitrogen and oxygen atoms in total. The molecule has 2 N–H and O–H groups in total. The summed E-state index contributed by atoms with van der Waals surface area (Å²) in [7, 11) is 0. The van der Waals surface area contributed by atoms with E-state index in [2.05, 4.69) is 39.3 Å². The Bertz CT molecular complexity index is 863. The maximum atomic E-state index is 12.5. The van der Waals surface area contributed by atoms with Crippen LogP contribution in [0, 0.1) is 6.92 Å². The Morgan fingerprint density at radius 2 is 1.77 bits per heavy atom. The number of amides is 3. The predicted octanol–water partition coefficient (Wildman–Crippen LogP) is 2.77. The van der Waals surface area contributed by atoms with E-state index in [4.69, 9.17) is 0 Å². The van der Waals surface area contributed by atoms with E-state index in [9.17, 15) is 9.59 Å². The Balaban J connectivity index is 1.43. The molecule has 3 amide bonds.